The first kappa shape index (κ1) is 14.6. The molecular weight excluding hydrogens is 248 g/mol. The zero-order chi connectivity index (χ0) is 14.9. The largest absolute Gasteiger partial charge is 0.478 e. The first-order valence-electron chi connectivity index (χ1n) is 6.99. The highest BCUT2D eigenvalue weighted by molar-refractivity contribution is 5.81. The van der Waals surface area contributed by atoms with Gasteiger partial charge in [-0.15, -0.1) is 0 Å². The summed E-state index contributed by atoms with van der Waals surface area (Å²) < 4.78 is 0. The van der Waals surface area contributed by atoms with Crippen LogP contribution in [0.3, 0.4) is 0 Å². The molecule has 0 aromatic heterocycles. The van der Waals surface area contributed by atoms with E-state index < -0.39 is 5.97 Å². The van der Waals surface area contributed by atoms with Crippen molar-refractivity contribution < 1.29 is 9.90 Å². The van der Waals surface area contributed by atoms with Crippen molar-refractivity contribution in [2.24, 2.45) is 5.92 Å². The standard InChI is InChI=1S/C18H22O2/c1-12(10-17(19)20)5-6-15-11-18(15,4)16-8-13(2)7-14(3)9-16/h5-10,15H,11H2,1-4H3,(H,19,20)/b6-5?,12-10+/t15?,18-/m0/s1. The molecule has 1 N–H and O–H groups in total. The third-order valence-electron chi connectivity index (χ3n) is 4.13. The number of benzene rings is 1. The molecule has 0 saturated heterocycles. The second-order valence-corrected chi connectivity index (χ2v) is 6.19. The van der Waals surface area contributed by atoms with Crippen LogP contribution in [0.1, 0.15) is 37.0 Å². The molecule has 0 bridgehead atoms. The van der Waals surface area contributed by atoms with Crippen molar-refractivity contribution in [2.45, 2.75) is 39.5 Å². The second kappa shape index (κ2) is 5.28. The Labute approximate surface area is 120 Å². The van der Waals surface area contributed by atoms with Gasteiger partial charge in [-0.2, -0.15) is 0 Å². The molecule has 2 rings (SSSR count). The summed E-state index contributed by atoms with van der Waals surface area (Å²) in [5.74, 6) is -0.388. The van der Waals surface area contributed by atoms with Gasteiger partial charge < -0.3 is 5.11 Å². The Kier molecular flexibility index (Phi) is 3.85. The first-order valence-corrected chi connectivity index (χ1v) is 6.99. The summed E-state index contributed by atoms with van der Waals surface area (Å²) in [6.45, 7) is 8.37. The summed E-state index contributed by atoms with van der Waals surface area (Å²) in [7, 11) is 0. The fourth-order valence-electron chi connectivity index (χ4n) is 2.83. The Morgan fingerprint density at radius 2 is 1.90 bits per heavy atom. The Bertz CT molecular complexity index is 575. The lowest BCUT2D eigenvalue weighted by Crippen LogP contribution is -2.04. The van der Waals surface area contributed by atoms with Gasteiger partial charge in [0.2, 0.25) is 0 Å². The Balaban J connectivity index is 2.13. The highest BCUT2D eigenvalue weighted by Crippen LogP contribution is 2.55. The number of hydrogen-bond donors (Lipinski definition) is 1. The van der Waals surface area contributed by atoms with Crippen LogP contribution in [0.5, 0.6) is 0 Å². The minimum absolute atomic E-state index is 0.205. The predicted octanol–water partition coefficient (Wildman–Crippen LogP) is 4.17. The average Bonchev–Trinajstić information content (AvgIpc) is 2.97. The molecule has 1 saturated carbocycles. The number of allylic oxidation sites excluding steroid dienone is 3. The number of carboxylic acid groups (broad SMARTS) is 1. The Hall–Kier alpha value is -1.83. The van der Waals surface area contributed by atoms with E-state index in [4.69, 9.17) is 5.11 Å². The van der Waals surface area contributed by atoms with Gasteiger partial charge in [-0.05, 0) is 49.7 Å². The molecule has 1 aromatic carbocycles. The number of carboxylic acids is 1. The number of rotatable bonds is 4. The average molecular weight is 270 g/mol. The summed E-state index contributed by atoms with van der Waals surface area (Å²) in [6.07, 6.45) is 6.44. The summed E-state index contributed by atoms with van der Waals surface area (Å²) in [6, 6.07) is 6.72. The van der Waals surface area contributed by atoms with Gasteiger partial charge in [-0.3, -0.25) is 0 Å². The highest BCUT2D eigenvalue weighted by Gasteiger charge is 2.49. The molecule has 0 aliphatic heterocycles. The van der Waals surface area contributed by atoms with Crippen LogP contribution in [0.15, 0.2) is 42.0 Å². The van der Waals surface area contributed by atoms with E-state index in [-0.39, 0.29) is 5.41 Å². The van der Waals surface area contributed by atoms with Crippen molar-refractivity contribution in [2.75, 3.05) is 0 Å². The minimum atomic E-state index is -0.889. The molecule has 1 aliphatic carbocycles. The quantitative estimate of drug-likeness (QED) is 0.658. The lowest BCUT2D eigenvalue weighted by atomic mass is 9.92. The maximum Gasteiger partial charge on any atom is 0.328 e. The molecule has 0 heterocycles. The van der Waals surface area contributed by atoms with Crippen molar-refractivity contribution in [3.8, 4) is 0 Å². The summed E-state index contributed by atoms with van der Waals surface area (Å²) >= 11 is 0. The van der Waals surface area contributed by atoms with Crippen LogP contribution < -0.4 is 0 Å². The van der Waals surface area contributed by atoms with Crippen molar-refractivity contribution in [3.63, 3.8) is 0 Å². The van der Waals surface area contributed by atoms with Crippen molar-refractivity contribution >= 4 is 5.97 Å². The van der Waals surface area contributed by atoms with E-state index in [0.29, 0.717) is 5.92 Å². The van der Waals surface area contributed by atoms with Crippen LogP contribution in [-0.2, 0) is 10.2 Å². The smallest absolute Gasteiger partial charge is 0.328 e. The zero-order valence-electron chi connectivity index (χ0n) is 12.6. The van der Waals surface area contributed by atoms with Crippen LogP contribution in [0, 0.1) is 19.8 Å². The lowest BCUT2D eigenvalue weighted by molar-refractivity contribution is -0.131. The predicted molar refractivity (Wildman–Crippen MR) is 81.9 cm³/mol. The SMILES string of the molecule is C/C(C=CC1C[C@]1(C)c1cc(C)cc(C)c1)=C\C(=O)O. The van der Waals surface area contributed by atoms with Gasteiger partial charge in [0.25, 0.3) is 0 Å². The van der Waals surface area contributed by atoms with Crippen molar-refractivity contribution in [1.82, 2.24) is 0 Å². The van der Waals surface area contributed by atoms with Crippen LogP contribution in [-0.4, -0.2) is 11.1 Å². The van der Waals surface area contributed by atoms with Gasteiger partial charge in [0.05, 0.1) is 0 Å². The second-order valence-electron chi connectivity index (χ2n) is 6.19. The molecule has 1 fully saturated rings. The first-order chi connectivity index (χ1) is 9.31. The summed E-state index contributed by atoms with van der Waals surface area (Å²) in [5, 5.41) is 8.70. The van der Waals surface area contributed by atoms with Crippen LogP contribution >= 0.6 is 0 Å². The molecule has 0 radical (unpaired) electrons. The molecule has 2 heteroatoms. The van der Waals surface area contributed by atoms with E-state index in [2.05, 4.69) is 45.0 Å². The minimum Gasteiger partial charge on any atom is -0.478 e. The molecule has 0 amide bonds. The lowest BCUT2D eigenvalue weighted by Gasteiger charge is -2.12. The Morgan fingerprint density at radius 3 is 2.45 bits per heavy atom. The van der Waals surface area contributed by atoms with E-state index in [1.165, 1.54) is 22.8 Å². The Morgan fingerprint density at radius 1 is 1.30 bits per heavy atom. The van der Waals surface area contributed by atoms with E-state index in [1.54, 1.807) is 0 Å². The van der Waals surface area contributed by atoms with E-state index >= 15 is 0 Å². The summed E-state index contributed by atoms with van der Waals surface area (Å²) in [5.41, 5.74) is 4.99. The van der Waals surface area contributed by atoms with Crippen molar-refractivity contribution in [1.29, 1.82) is 0 Å². The van der Waals surface area contributed by atoms with Gasteiger partial charge in [0, 0.05) is 6.08 Å². The molecule has 1 aliphatic rings. The molecule has 106 valence electrons. The normalized spacial score (nSPS) is 26.0. The maximum atomic E-state index is 10.6. The number of carbonyl (C=O) groups is 1. The molecule has 2 atom stereocenters. The third-order valence-corrected chi connectivity index (χ3v) is 4.13. The fourth-order valence-corrected chi connectivity index (χ4v) is 2.83. The van der Waals surface area contributed by atoms with Gasteiger partial charge in [0.1, 0.15) is 0 Å². The fraction of sp³-hybridized carbons (Fsp3) is 0.389. The highest BCUT2D eigenvalue weighted by atomic mass is 16.4. The zero-order valence-corrected chi connectivity index (χ0v) is 12.6. The molecule has 1 aromatic rings. The van der Waals surface area contributed by atoms with E-state index in [0.717, 1.165) is 12.0 Å². The molecule has 2 nitrogen and oxygen atoms in total. The topological polar surface area (TPSA) is 37.3 Å². The van der Waals surface area contributed by atoms with Crippen molar-refractivity contribution in [3.05, 3.63) is 58.7 Å². The molecule has 1 unspecified atom stereocenters. The number of hydrogen-bond acceptors (Lipinski definition) is 1. The van der Waals surface area contributed by atoms with Gasteiger partial charge in [0.15, 0.2) is 0 Å². The maximum absolute atomic E-state index is 10.6. The van der Waals surface area contributed by atoms with E-state index in [9.17, 15) is 4.79 Å². The molecule has 20 heavy (non-hydrogen) atoms. The van der Waals surface area contributed by atoms with Gasteiger partial charge in [-0.1, -0.05) is 48.4 Å². The van der Waals surface area contributed by atoms with Crippen LogP contribution in [0.2, 0.25) is 0 Å². The van der Waals surface area contributed by atoms with Gasteiger partial charge >= 0.3 is 5.97 Å². The third kappa shape index (κ3) is 3.19. The number of aliphatic carboxylic acids is 1. The van der Waals surface area contributed by atoms with E-state index in [1.807, 2.05) is 13.0 Å². The summed E-state index contributed by atoms with van der Waals surface area (Å²) in [4.78, 5) is 10.6. The molecule has 0 spiro atoms. The van der Waals surface area contributed by atoms with Gasteiger partial charge in [-0.25, -0.2) is 4.79 Å². The number of aryl methyl sites for hydroxylation is 2. The monoisotopic (exact) mass is 270 g/mol. The van der Waals surface area contributed by atoms with Crippen LogP contribution in [0.4, 0.5) is 0 Å². The molecular formula is C18H22O2. The van der Waals surface area contributed by atoms with Crippen LogP contribution in [0.25, 0.3) is 0 Å².